The summed E-state index contributed by atoms with van der Waals surface area (Å²) in [6, 6.07) is 21.6. The summed E-state index contributed by atoms with van der Waals surface area (Å²) in [5.74, 6) is 1.39. The van der Waals surface area contributed by atoms with Crippen molar-refractivity contribution in [3.05, 3.63) is 95.3 Å². The maximum atomic E-state index is 13.1. The highest BCUT2D eigenvalue weighted by Gasteiger charge is 2.22. The van der Waals surface area contributed by atoms with Gasteiger partial charge in [-0.3, -0.25) is 9.69 Å². The first-order valence-electron chi connectivity index (χ1n) is 10.7. The Morgan fingerprint density at radius 2 is 1.41 bits per heavy atom. The van der Waals surface area contributed by atoms with Crippen molar-refractivity contribution < 1.29 is 18.7 Å². The average molecular weight is 435 g/mol. The van der Waals surface area contributed by atoms with Gasteiger partial charge in [-0.15, -0.1) is 0 Å². The quantitative estimate of drug-likeness (QED) is 0.554. The first kappa shape index (κ1) is 21.8. The number of carbonyl (C=O) groups is 1. The van der Waals surface area contributed by atoms with E-state index in [0.717, 1.165) is 42.3 Å². The van der Waals surface area contributed by atoms with Gasteiger partial charge >= 0.3 is 0 Å². The van der Waals surface area contributed by atoms with Gasteiger partial charge in [-0.1, -0.05) is 24.3 Å². The molecule has 0 N–H and O–H groups in total. The van der Waals surface area contributed by atoms with Crippen molar-refractivity contribution in [2.24, 2.45) is 0 Å². The van der Waals surface area contributed by atoms with Crippen LogP contribution < -0.4 is 9.47 Å². The third kappa shape index (κ3) is 5.65. The fourth-order valence-electron chi connectivity index (χ4n) is 3.72. The molecule has 4 rings (SSSR count). The predicted octanol–water partition coefficient (Wildman–Crippen LogP) is 4.37. The summed E-state index contributed by atoms with van der Waals surface area (Å²) < 4.78 is 24.0. The van der Waals surface area contributed by atoms with E-state index in [-0.39, 0.29) is 11.7 Å². The maximum absolute atomic E-state index is 13.1. The number of ether oxygens (including phenoxy) is 2. The zero-order chi connectivity index (χ0) is 22.3. The van der Waals surface area contributed by atoms with Crippen LogP contribution in [-0.2, 0) is 13.2 Å². The summed E-state index contributed by atoms with van der Waals surface area (Å²) in [5.41, 5.74) is 2.77. The lowest BCUT2D eigenvalue weighted by Gasteiger charge is -2.34. The number of methoxy groups -OCH3 is 1. The largest absolute Gasteiger partial charge is 0.497 e. The molecule has 0 spiro atoms. The molecule has 1 aliphatic heterocycles. The molecule has 1 saturated heterocycles. The minimum atomic E-state index is -0.220. The van der Waals surface area contributed by atoms with Gasteiger partial charge in [0.05, 0.1) is 7.11 Å². The molecule has 0 atom stereocenters. The number of amides is 1. The molecule has 5 nitrogen and oxygen atoms in total. The summed E-state index contributed by atoms with van der Waals surface area (Å²) in [4.78, 5) is 17.1. The molecular weight excluding hydrogens is 407 g/mol. The van der Waals surface area contributed by atoms with Crippen molar-refractivity contribution in [3.63, 3.8) is 0 Å². The van der Waals surface area contributed by atoms with Gasteiger partial charge in [-0.25, -0.2) is 4.39 Å². The number of nitrogens with zero attached hydrogens (tertiary/aromatic N) is 2. The summed E-state index contributed by atoms with van der Waals surface area (Å²) in [6.07, 6.45) is 0. The van der Waals surface area contributed by atoms with Crippen molar-refractivity contribution in [2.45, 2.75) is 13.2 Å². The molecule has 1 amide bonds. The minimum Gasteiger partial charge on any atom is -0.497 e. The van der Waals surface area contributed by atoms with Gasteiger partial charge in [0.15, 0.2) is 0 Å². The van der Waals surface area contributed by atoms with Gasteiger partial charge in [0.25, 0.3) is 5.91 Å². The Morgan fingerprint density at radius 1 is 0.812 bits per heavy atom. The third-order valence-electron chi connectivity index (χ3n) is 5.64. The molecule has 1 heterocycles. The highest BCUT2D eigenvalue weighted by Crippen LogP contribution is 2.19. The van der Waals surface area contributed by atoms with Crippen molar-refractivity contribution in [2.75, 3.05) is 33.3 Å². The van der Waals surface area contributed by atoms with E-state index in [9.17, 15) is 9.18 Å². The molecule has 0 radical (unpaired) electrons. The first-order valence-corrected chi connectivity index (χ1v) is 10.7. The molecule has 32 heavy (non-hydrogen) atoms. The van der Waals surface area contributed by atoms with Gasteiger partial charge in [0, 0.05) is 38.3 Å². The smallest absolute Gasteiger partial charge is 0.253 e. The van der Waals surface area contributed by atoms with Crippen LogP contribution in [0.5, 0.6) is 11.5 Å². The fraction of sp³-hybridized carbons (Fsp3) is 0.269. The van der Waals surface area contributed by atoms with Crippen LogP contribution in [0.4, 0.5) is 4.39 Å². The predicted molar refractivity (Wildman–Crippen MR) is 121 cm³/mol. The lowest BCUT2D eigenvalue weighted by atomic mass is 10.1. The topological polar surface area (TPSA) is 42.0 Å². The third-order valence-corrected chi connectivity index (χ3v) is 5.64. The molecular formula is C26H27FN2O3. The lowest BCUT2D eigenvalue weighted by molar-refractivity contribution is 0.0628. The minimum absolute atomic E-state index is 0.0501. The van der Waals surface area contributed by atoms with E-state index >= 15 is 0 Å². The Labute approximate surface area is 188 Å². The SMILES string of the molecule is COc1ccc(OCc2ccc(C(=O)N3CCN(Cc4ccc(F)cc4)CC3)cc2)cc1. The average Bonchev–Trinajstić information content (AvgIpc) is 2.85. The molecule has 3 aromatic carbocycles. The Morgan fingerprint density at radius 3 is 2.03 bits per heavy atom. The molecule has 0 aliphatic carbocycles. The molecule has 1 fully saturated rings. The van der Waals surface area contributed by atoms with Gasteiger partial charge in [-0.05, 0) is 59.7 Å². The van der Waals surface area contributed by atoms with Gasteiger partial charge in [0.1, 0.15) is 23.9 Å². The van der Waals surface area contributed by atoms with Crippen LogP contribution in [0, 0.1) is 5.82 Å². The van der Waals surface area contributed by atoms with E-state index in [4.69, 9.17) is 9.47 Å². The van der Waals surface area contributed by atoms with Crippen molar-refractivity contribution >= 4 is 5.91 Å². The fourth-order valence-corrected chi connectivity index (χ4v) is 3.72. The Hall–Kier alpha value is -3.38. The van der Waals surface area contributed by atoms with E-state index in [1.807, 2.05) is 65.6 Å². The van der Waals surface area contributed by atoms with Gasteiger partial charge in [-0.2, -0.15) is 0 Å². The van der Waals surface area contributed by atoms with E-state index in [2.05, 4.69) is 4.90 Å². The van der Waals surface area contributed by atoms with E-state index < -0.39 is 0 Å². The van der Waals surface area contributed by atoms with Crippen LogP contribution in [0.1, 0.15) is 21.5 Å². The summed E-state index contributed by atoms with van der Waals surface area (Å²) in [7, 11) is 1.63. The first-order chi connectivity index (χ1) is 15.6. The normalized spacial score (nSPS) is 14.2. The molecule has 0 saturated carbocycles. The maximum Gasteiger partial charge on any atom is 0.253 e. The molecule has 0 bridgehead atoms. The molecule has 0 unspecified atom stereocenters. The molecule has 3 aromatic rings. The number of hydrogen-bond donors (Lipinski definition) is 0. The highest BCUT2D eigenvalue weighted by atomic mass is 19.1. The lowest BCUT2D eigenvalue weighted by Crippen LogP contribution is -2.48. The van der Waals surface area contributed by atoms with Crippen molar-refractivity contribution in [1.29, 1.82) is 0 Å². The second kappa shape index (κ2) is 10.3. The van der Waals surface area contributed by atoms with Crippen molar-refractivity contribution in [3.8, 4) is 11.5 Å². The van der Waals surface area contributed by atoms with Crippen LogP contribution in [0.25, 0.3) is 0 Å². The Kier molecular flexibility index (Phi) is 7.02. The van der Waals surface area contributed by atoms with Crippen LogP contribution >= 0.6 is 0 Å². The van der Waals surface area contributed by atoms with Gasteiger partial charge in [0.2, 0.25) is 0 Å². The number of carbonyl (C=O) groups excluding carboxylic acids is 1. The number of halogens is 1. The monoisotopic (exact) mass is 434 g/mol. The van der Waals surface area contributed by atoms with E-state index in [1.165, 1.54) is 12.1 Å². The summed E-state index contributed by atoms with van der Waals surface area (Å²) in [5, 5.41) is 0. The number of hydrogen-bond acceptors (Lipinski definition) is 4. The Balaban J connectivity index is 1.25. The summed E-state index contributed by atoms with van der Waals surface area (Å²) >= 11 is 0. The molecule has 6 heteroatoms. The van der Waals surface area contributed by atoms with Crippen LogP contribution in [0.2, 0.25) is 0 Å². The molecule has 0 aromatic heterocycles. The van der Waals surface area contributed by atoms with Crippen LogP contribution in [-0.4, -0.2) is 49.0 Å². The number of piperazine rings is 1. The van der Waals surface area contributed by atoms with Crippen molar-refractivity contribution in [1.82, 2.24) is 9.80 Å². The standard InChI is InChI=1S/C26H27FN2O3/c1-31-24-10-12-25(13-11-24)32-19-21-2-6-22(7-3-21)26(30)29-16-14-28(15-17-29)18-20-4-8-23(27)9-5-20/h2-13H,14-19H2,1H3. The highest BCUT2D eigenvalue weighted by molar-refractivity contribution is 5.94. The van der Waals surface area contributed by atoms with E-state index in [1.54, 1.807) is 7.11 Å². The van der Waals surface area contributed by atoms with E-state index in [0.29, 0.717) is 25.3 Å². The number of benzene rings is 3. The van der Waals surface area contributed by atoms with Gasteiger partial charge < -0.3 is 14.4 Å². The second-order valence-corrected chi connectivity index (χ2v) is 7.86. The van der Waals surface area contributed by atoms with Crippen LogP contribution in [0.3, 0.4) is 0 Å². The molecule has 1 aliphatic rings. The Bertz CT molecular complexity index is 1010. The zero-order valence-corrected chi connectivity index (χ0v) is 18.2. The zero-order valence-electron chi connectivity index (χ0n) is 18.2. The summed E-state index contributed by atoms with van der Waals surface area (Å²) in [6.45, 7) is 4.17. The van der Waals surface area contributed by atoms with Crippen LogP contribution in [0.15, 0.2) is 72.8 Å². The number of rotatable bonds is 7. The molecule has 166 valence electrons. The second-order valence-electron chi connectivity index (χ2n) is 7.86.